The summed E-state index contributed by atoms with van der Waals surface area (Å²) in [7, 11) is 1.62. The molecule has 0 aliphatic heterocycles. The van der Waals surface area contributed by atoms with Crippen LogP contribution in [0.5, 0.6) is 5.75 Å². The molecule has 0 saturated carbocycles. The number of fused-ring (bicyclic) bond motifs is 1. The van der Waals surface area contributed by atoms with E-state index in [9.17, 15) is 4.79 Å². The third kappa shape index (κ3) is 3.67. The van der Waals surface area contributed by atoms with E-state index in [1.165, 1.54) is 0 Å². The van der Waals surface area contributed by atoms with Crippen LogP contribution in [0.25, 0.3) is 10.9 Å². The Bertz CT molecular complexity index is 872. The van der Waals surface area contributed by atoms with E-state index in [1.54, 1.807) is 7.11 Å². The molecular weight excluding hydrogens is 314 g/mol. The third-order valence-corrected chi connectivity index (χ3v) is 4.42. The predicted molar refractivity (Wildman–Crippen MR) is 99.5 cm³/mol. The minimum Gasteiger partial charge on any atom is -0.496 e. The molecule has 0 radical (unpaired) electrons. The van der Waals surface area contributed by atoms with Crippen molar-refractivity contribution in [3.05, 3.63) is 65.9 Å². The minimum atomic E-state index is -0.614. The number of benzene rings is 2. The summed E-state index contributed by atoms with van der Waals surface area (Å²) in [5, 5.41) is 4.08. The van der Waals surface area contributed by atoms with Gasteiger partial charge in [0, 0.05) is 22.7 Å². The van der Waals surface area contributed by atoms with Gasteiger partial charge in [0.25, 0.3) is 0 Å². The Labute approximate surface area is 147 Å². The molecule has 0 fully saturated rings. The summed E-state index contributed by atoms with van der Waals surface area (Å²) in [6.07, 6.45) is 2.40. The van der Waals surface area contributed by atoms with Crippen LogP contribution in [0.4, 0.5) is 0 Å². The van der Waals surface area contributed by atoms with Gasteiger partial charge in [-0.15, -0.1) is 0 Å². The van der Waals surface area contributed by atoms with Gasteiger partial charge >= 0.3 is 0 Å². The zero-order valence-corrected chi connectivity index (χ0v) is 14.5. The highest BCUT2D eigenvalue weighted by Gasteiger charge is 2.20. The summed E-state index contributed by atoms with van der Waals surface area (Å²) in [5.41, 5.74) is 9.16. The average Bonchev–Trinajstić information content (AvgIpc) is 3.04. The molecule has 130 valence electrons. The number of methoxy groups -OCH3 is 1. The first-order valence-corrected chi connectivity index (χ1v) is 8.34. The number of carbonyl (C=O) groups is 1. The zero-order valence-electron chi connectivity index (χ0n) is 14.5. The first-order chi connectivity index (χ1) is 12.1. The number of aromatic amines is 1. The number of rotatable bonds is 6. The molecule has 0 aliphatic rings. The van der Waals surface area contributed by atoms with Gasteiger partial charge in [-0.2, -0.15) is 0 Å². The van der Waals surface area contributed by atoms with E-state index in [0.29, 0.717) is 6.42 Å². The SMILES string of the molecule is COc1ccccc1C(C)NC(=O)[C@@H](N)Cc1c[nH]c2ccccc12. The molecule has 4 N–H and O–H groups in total. The molecule has 0 aliphatic carbocycles. The summed E-state index contributed by atoms with van der Waals surface area (Å²) in [4.78, 5) is 15.7. The lowest BCUT2D eigenvalue weighted by Gasteiger charge is -2.19. The fraction of sp³-hybridized carbons (Fsp3) is 0.250. The lowest BCUT2D eigenvalue weighted by Crippen LogP contribution is -2.43. The molecule has 3 aromatic rings. The second kappa shape index (κ2) is 7.40. The molecule has 1 aromatic heterocycles. The fourth-order valence-electron chi connectivity index (χ4n) is 3.05. The standard InChI is InChI=1S/C20H23N3O2/c1-13(15-7-4-6-10-19(15)25-2)23-20(24)17(21)11-14-12-22-18-9-5-3-8-16(14)18/h3-10,12-13,17,22H,11,21H2,1-2H3,(H,23,24)/t13?,17-/m0/s1. The van der Waals surface area contributed by atoms with Crippen molar-refractivity contribution in [3.63, 3.8) is 0 Å². The van der Waals surface area contributed by atoms with Gasteiger partial charge < -0.3 is 20.8 Å². The molecule has 3 rings (SSSR count). The first-order valence-electron chi connectivity index (χ1n) is 8.34. The van der Waals surface area contributed by atoms with Crippen molar-refractivity contribution < 1.29 is 9.53 Å². The highest BCUT2D eigenvalue weighted by atomic mass is 16.5. The first kappa shape index (κ1) is 17.0. The van der Waals surface area contributed by atoms with Gasteiger partial charge in [0.05, 0.1) is 19.2 Å². The zero-order chi connectivity index (χ0) is 17.8. The Morgan fingerprint density at radius 2 is 1.92 bits per heavy atom. The number of nitrogens with two attached hydrogens (primary N) is 1. The summed E-state index contributed by atoms with van der Waals surface area (Å²) in [5.74, 6) is 0.573. The second-order valence-electron chi connectivity index (χ2n) is 6.14. The van der Waals surface area contributed by atoms with Crippen molar-refractivity contribution >= 4 is 16.8 Å². The third-order valence-electron chi connectivity index (χ3n) is 4.42. The Balaban J connectivity index is 1.68. The van der Waals surface area contributed by atoms with Crippen molar-refractivity contribution in [1.29, 1.82) is 0 Å². The number of nitrogens with one attached hydrogen (secondary N) is 2. The maximum atomic E-state index is 12.5. The van der Waals surface area contributed by atoms with Crippen LogP contribution >= 0.6 is 0 Å². The van der Waals surface area contributed by atoms with Crippen molar-refractivity contribution in [1.82, 2.24) is 10.3 Å². The Morgan fingerprint density at radius 1 is 1.20 bits per heavy atom. The molecule has 0 spiro atoms. The minimum absolute atomic E-state index is 0.177. The lowest BCUT2D eigenvalue weighted by molar-refractivity contribution is -0.123. The normalized spacial score (nSPS) is 13.4. The van der Waals surface area contributed by atoms with Crippen LogP contribution in [0, 0.1) is 0 Å². The Kier molecular flexibility index (Phi) is 5.05. The molecule has 1 amide bonds. The van der Waals surface area contributed by atoms with Gasteiger partial charge in [-0.3, -0.25) is 4.79 Å². The molecule has 5 heteroatoms. The van der Waals surface area contributed by atoms with Gasteiger partial charge in [-0.1, -0.05) is 36.4 Å². The van der Waals surface area contributed by atoms with Crippen molar-refractivity contribution in [2.24, 2.45) is 5.73 Å². The van der Waals surface area contributed by atoms with E-state index in [1.807, 2.05) is 61.7 Å². The van der Waals surface area contributed by atoms with E-state index in [-0.39, 0.29) is 11.9 Å². The molecule has 0 bridgehead atoms. The van der Waals surface area contributed by atoms with Crippen LogP contribution in [0.1, 0.15) is 24.1 Å². The number of amides is 1. The molecule has 1 heterocycles. The molecule has 1 unspecified atom stereocenters. The van der Waals surface area contributed by atoms with E-state index in [4.69, 9.17) is 10.5 Å². The highest BCUT2D eigenvalue weighted by molar-refractivity contribution is 5.86. The van der Waals surface area contributed by atoms with Gasteiger partial charge in [-0.25, -0.2) is 0 Å². The number of hydrogen-bond donors (Lipinski definition) is 3. The molecule has 25 heavy (non-hydrogen) atoms. The largest absolute Gasteiger partial charge is 0.496 e. The smallest absolute Gasteiger partial charge is 0.237 e. The monoisotopic (exact) mass is 337 g/mol. The topological polar surface area (TPSA) is 80.1 Å². The highest BCUT2D eigenvalue weighted by Crippen LogP contribution is 2.24. The van der Waals surface area contributed by atoms with Crippen LogP contribution < -0.4 is 15.8 Å². The Hall–Kier alpha value is -2.79. The van der Waals surface area contributed by atoms with Crippen LogP contribution in [0.2, 0.25) is 0 Å². The second-order valence-corrected chi connectivity index (χ2v) is 6.14. The summed E-state index contributed by atoms with van der Waals surface area (Å²) in [6, 6.07) is 14.8. The lowest BCUT2D eigenvalue weighted by atomic mass is 10.0. The van der Waals surface area contributed by atoms with Crippen LogP contribution in [-0.2, 0) is 11.2 Å². The van der Waals surface area contributed by atoms with Crippen molar-refractivity contribution in [2.75, 3.05) is 7.11 Å². The van der Waals surface area contributed by atoms with Crippen molar-refractivity contribution in [3.8, 4) is 5.75 Å². The average molecular weight is 337 g/mol. The van der Waals surface area contributed by atoms with E-state index in [2.05, 4.69) is 10.3 Å². The van der Waals surface area contributed by atoms with Gasteiger partial charge in [0.2, 0.25) is 5.91 Å². The number of aromatic nitrogens is 1. The maximum Gasteiger partial charge on any atom is 0.237 e. The van der Waals surface area contributed by atoms with Crippen molar-refractivity contribution in [2.45, 2.75) is 25.4 Å². The van der Waals surface area contributed by atoms with Gasteiger partial charge in [-0.05, 0) is 31.0 Å². The summed E-state index contributed by atoms with van der Waals surface area (Å²) >= 11 is 0. The van der Waals surface area contributed by atoms with Gasteiger partial charge in [0.1, 0.15) is 5.75 Å². The molecule has 2 aromatic carbocycles. The predicted octanol–water partition coefficient (Wildman–Crippen LogP) is 2.92. The molecule has 5 nitrogen and oxygen atoms in total. The summed E-state index contributed by atoms with van der Waals surface area (Å²) < 4.78 is 5.36. The van der Waals surface area contributed by atoms with E-state index >= 15 is 0 Å². The van der Waals surface area contributed by atoms with E-state index in [0.717, 1.165) is 27.8 Å². The number of para-hydroxylation sites is 2. The summed E-state index contributed by atoms with van der Waals surface area (Å²) in [6.45, 7) is 1.92. The molecule has 2 atom stereocenters. The van der Waals surface area contributed by atoms with Crippen LogP contribution in [0.3, 0.4) is 0 Å². The maximum absolute atomic E-state index is 12.5. The number of hydrogen-bond acceptors (Lipinski definition) is 3. The molecular formula is C20H23N3O2. The van der Waals surface area contributed by atoms with Gasteiger partial charge in [0.15, 0.2) is 0 Å². The fourth-order valence-corrected chi connectivity index (χ4v) is 3.05. The van der Waals surface area contributed by atoms with Crippen LogP contribution in [-0.4, -0.2) is 24.0 Å². The number of ether oxygens (including phenoxy) is 1. The molecule has 0 saturated heterocycles. The number of carbonyl (C=O) groups excluding carboxylic acids is 1. The number of H-pyrrole nitrogens is 1. The quantitative estimate of drug-likeness (QED) is 0.647. The van der Waals surface area contributed by atoms with E-state index < -0.39 is 6.04 Å². The van der Waals surface area contributed by atoms with Crippen LogP contribution in [0.15, 0.2) is 54.7 Å². The Morgan fingerprint density at radius 3 is 2.72 bits per heavy atom.